The van der Waals surface area contributed by atoms with Crippen LogP contribution in [0.25, 0.3) is 0 Å². The molecule has 0 saturated carbocycles. The number of rotatable bonds is 4. The summed E-state index contributed by atoms with van der Waals surface area (Å²) < 4.78 is 12.8. The van der Waals surface area contributed by atoms with Gasteiger partial charge >= 0.3 is 0 Å². The molecule has 1 rings (SSSR count). The normalized spacial score (nSPS) is 15.6. The third-order valence-corrected chi connectivity index (χ3v) is 2.59. The van der Waals surface area contributed by atoms with E-state index >= 15 is 0 Å². The fourth-order valence-corrected chi connectivity index (χ4v) is 1.58. The molecule has 0 amide bonds. The molecule has 0 fully saturated rings. The highest BCUT2D eigenvalue weighted by Crippen LogP contribution is 2.08. The van der Waals surface area contributed by atoms with Crippen LogP contribution in [0.5, 0.6) is 0 Å². The second-order valence-electron chi connectivity index (χ2n) is 3.08. The lowest BCUT2D eigenvalue weighted by Gasteiger charge is -2.09. The first-order valence-corrected chi connectivity index (χ1v) is 5.89. The SMILES string of the molecule is C[C@@H](N)c1cncn1CCS(C)=O. The molecule has 0 bridgehead atoms. The fraction of sp³-hybridized carbons (Fsp3) is 0.625. The van der Waals surface area contributed by atoms with Gasteiger partial charge in [-0.05, 0) is 6.92 Å². The van der Waals surface area contributed by atoms with Crippen LogP contribution >= 0.6 is 0 Å². The van der Waals surface area contributed by atoms with E-state index in [2.05, 4.69) is 4.98 Å². The van der Waals surface area contributed by atoms with Crippen LogP contribution < -0.4 is 5.73 Å². The molecule has 4 nitrogen and oxygen atoms in total. The monoisotopic (exact) mass is 201 g/mol. The maximum atomic E-state index is 10.9. The Morgan fingerprint density at radius 1 is 1.77 bits per heavy atom. The molecule has 5 heteroatoms. The molecule has 1 heterocycles. The highest BCUT2D eigenvalue weighted by Gasteiger charge is 2.06. The van der Waals surface area contributed by atoms with E-state index < -0.39 is 10.8 Å². The molecule has 2 N–H and O–H groups in total. The molecule has 0 spiro atoms. The van der Waals surface area contributed by atoms with E-state index in [0.29, 0.717) is 5.75 Å². The van der Waals surface area contributed by atoms with Crippen molar-refractivity contribution in [1.29, 1.82) is 0 Å². The summed E-state index contributed by atoms with van der Waals surface area (Å²) in [6.45, 7) is 2.64. The predicted molar refractivity (Wildman–Crippen MR) is 53.8 cm³/mol. The molecule has 0 aliphatic rings. The van der Waals surface area contributed by atoms with Crippen LogP contribution in [-0.2, 0) is 17.3 Å². The number of hydrogen-bond acceptors (Lipinski definition) is 3. The van der Waals surface area contributed by atoms with Crippen LogP contribution in [0.1, 0.15) is 18.7 Å². The lowest BCUT2D eigenvalue weighted by Crippen LogP contribution is -2.14. The Morgan fingerprint density at radius 2 is 2.46 bits per heavy atom. The molecule has 0 saturated heterocycles. The number of hydrogen-bond donors (Lipinski definition) is 1. The zero-order chi connectivity index (χ0) is 9.84. The standard InChI is InChI=1S/C8H15N3OS/c1-7(9)8-5-10-6-11(8)3-4-13(2)12/h5-7H,3-4,9H2,1-2H3/t7-,13?/m1/s1. The van der Waals surface area contributed by atoms with Gasteiger partial charge in [0.25, 0.3) is 0 Å². The molecular formula is C8H15N3OS. The highest BCUT2D eigenvalue weighted by atomic mass is 32.2. The first kappa shape index (κ1) is 10.4. The number of imidazole rings is 1. The van der Waals surface area contributed by atoms with Gasteiger partial charge in [0.05, 0.1) is 12.0 Å². The zero-order valence-corrected chi connectivity index (χ0v) is 8.75. The zero-order valence-electron chi connectivity index (χ0n) is 7.93. The van der Waals surface area contributed by atoms with Gasteiger partial charge in [0.2, 0.25) is 0 Å². The largest absolute Gasteiger partial charge is 0.332 e. The Labute approximate surface area is 80.6 Å². The number of nitrogens with zero attached hydrogens (tertiary/aromatic N) is 2. The minimum absolute atomic E-state index is 0.0206. The van der Waals surface area contributed by atoms with E-state index in [1.165, 1.54) is 0 Å². The minimum Gasteiger partial charge on any atom is -0.332 e. The molecule has 0 aliphatic heterocycles. The second-order valence-corrected chi connectivity index (χ2v) is 4.63. The topological polar surface area (TPSA) is 60.9 Å². The van der Waals surface area contributed by atoms with Crippen LogP contribution in [0, 0.1) is 0 Å². The highest BCUT2D eigenvalue weighted by molar-refractivity contribution is 7.84. The van der Waals surface area contributed by atoms with Gasteiger partial charge in [-0.3, -0.25) is 4.21 Å². The summed E-state index contributed by atoms with van der Waals surface area (Å²) in [6.07, 6.45) is 5.18. The van der Waals surface area contributed by atoms with E-state index in [9.17, 15) is 4.21 Å². The van der Waals surface area contributed by atoms with Gasteiger partial charge in [0.15, 0.2) is 0 Å². The summed E-state index contributed by atoms with van der Waals surface area (Å²) in [5.74, 6) is 0.649. The van der Waals surface area contributed by atoms with E-state index in [0.717, 1.165) is 12.2 Å². The van der Waals surface area contributed by atoms with Gasteiger partial charge in [-0.1, -0.05) is 0 Å². The molecule has 0 aliphatic carbocycles. The Balaban J connectivity index is 2.65. The molecular weight excluding hydrogens is 186 g/mol. The van der Waals surface area contributed by atoms with Crippen molar-refractivity contribution < 1.29 is 4.21 Å². The van der Waals surface area contributed by atoms with Gasteiger partial charge < -0.3 is 10.3 Å². The third kappa shape index (κ3) is 2.93. The minimum atomic E-state index is -0.761. The molecule has 2 atom stereocenters. The van der Waals surface area contributed by atoms with Crippen LogP contribution in [0.4, 0.5) is 0 Å². The maximum absolute atomic E-state index is 10.9. The summed E-state index contributed by atoms with van der Waals surface area (Å²) in [4.78, 5) is 4.01. The third-order valence-electron chi connectivity index (χ3n) is 1.83. The Bertz CT molecular complexity index is 295. The van der Waals surface area contributed by atoms with Crippen LogP contribution in [0.2, 0.25) is 0 Å². The van der Waals surface area contributed by atoms with Crippen molar-refractivity contribution in [3.63, 3.8) is 0 Å². The van der Waals surface area contributed by atoms with Crippen LogP contribution in [0.3, 0.4) is 0 Å². The van der Waals surface area contributed by atoms with Crippen molar-refractivity contribution in [2.24, 2.45) is 5.73 Å². The van der Waals surface area contributed by atoms with E-state index in [1.54, 1.807) is 18.8 Å². The Hall–Kier alpha value is -0.680. The van der Waals surface area contributed by atoms with Gasteiger partial charge in [-0.15, -0.1) is 0 Å². The van der Waals surface area contributed by atoms with Crippen molar-refractivity contribution in [3.8, 4) is 0 Å². The smallest absolute Gasteiger partial charge is 0.0948 e. The van der Waals surface area contributed by atoms with Gasteiger partial charge in [0.1, 0.15) is 0 Å². The van der Waals surface area contributed by atoms with Crippen LogP contribution in [0.15, 0.2) is 12.5 Å². The van der Waals surface area contributed by atoms with Crippen LogP contribution in [-0.4, -0.2) is 25.8 Å². The van der Waals surface area contributed by atoms with Crippen molar-refractivity contribution in [1.82, 2.24) is 9.55 Å². The van der Waals surface area contributed by atoms with E-state index in [1.807, 2.05) is 11.5 Å². The summed E-state index contributed by atoms with van der Waals surface area (Å²) in [5, 5.41) is 0. The van der Waals surface area contributed by atoms with E-state index in [-0.39, 0.29) is 6.04 Å². The molecule has 1 aromatic heterocycles. The van der Waals surface area contributed by atoms with Crippen molar-refractivity contribution in [3.05, 3.63) is 18.2 Å². The first-order valence-electron chi connectivity index (χ1n) is 4.17. The van der Waals surface area contributed by atoms with Gasteiger partial charge in [-0.2, -0.15) is 0 Å². The van der Waals surface area contributed by atoms with Crippen molar-refractivity contribution in [2.45, 2.75) is 19.5 Å². The predicted octanol–water partition coefficient (Wildman–Crippen LogP) is 0.281. The molecule has 1 aromatic rings. The van der Waals surface area contributed by atoms with Crippen molar-refractivity contribution >= 4 is 10.8 Å². The quantitative estimate of drug-likeness (QED) is 0.761. The summed E-state index contributed by atoms with van der Waals surface area (Å²) >= 11 is 0. The number of aromatic nitrogens is 2. The lowest BCUT2D eigenvalue weighted by atomic mass is 10.3. The molecule has 0 radical (unpaired) electrons. The average Bonchev–Trinajstić information content (AvgIpc) is 2.47. The lowest BCUT2D eigenvalue weighted by molar-refractivity contribution is 0.647. The summed E-state index contributed by atoms with van der Waals surface area (Å²) in [5.41, 5.74) is 6.72. The molecule has 1 unspecified atom stereocenters. The molecule has 74 valence electrons. The number of nitrogens with two attached hydrogens (primary N) is 1. The summed E-state index contributed by atoms with van der Waals surface area (Å²) in [6, 6.07) is -0.0206. The number of aryl methyl sites for hydroxylation is 1. The second kappa shape index (κ2) is 4.53. The van der Waals surface area contributed by atoms with Crippen molar-refractivity contribution in [2.75, 3.05) is 12.0 Å². The fourth-order valence-electron chi connectivity index (χ4n) is 1.12. The Morgan fingerprint density at radius 3 is 3.00 bits per heavy atom. The average molecular weight is 201 g/mol. The van der Waals surface area contributed by atoms with Gasteiger partial charge in [0, 0.05) is 41.6 Å². The Kier molecular flexibility index (Phi) is 3.62. The van der Waals surface area contributed by atoms with Gasteiger partial charge in [-0.25, -0.2) is 4.98 Å². The first-order chi connectivity index (χ1) is 6.11. The summed E-state index contributed by atoms with van der Waals surface area (Å²) in [7, 11) is -0.761. The molecule has 13 heavy (non-hydrogen) atoms. The van der Waals surface area contributed by atoms with E-state index in [4.69, 9.17) is 5.73 Å². The molecule has 0 aromatic carbocycles. The maximum Gasteiger partial charge on any atom is 0.0948 e.